The van der Waals surface area contributed by atoms with Crippen molar-refractivity contribution in [1.29, 1.82) is 0 Å². The second-order valence-corrected chi connectivity index (χ2v) is 6.29. The van der Waals surface area contributed by atoms with Crippen LogP contribution in [0.15, 0.2) is 29.4 Å². The van der Waals surface area contributed by atoms with E-state index < -0.39 is 0 Å². The molecule has 4 nitrogen and oxygen atoms in total. The summed E-state index contributed by atoms with van der Waals surface area (Å²) >= 11 is 0. The van der Waals surface area contributed by atoms with Gasteiger partial charge in [0.15, 0.2) is 5.96 Å². The summed E-state index contributed by atoms with van der Waals surface area (Å²) in [7, 11) is 1.80. The standard InChI is InChI=1S/C18H25FN4/c1-3-4-12-9-17(12)23-18(20-2)21-8-7-13-11-22-16-6-5-14(19)10-15(13)16/h5-6,10-12,17,22H,3-4,7-9H2,1-2H3,(H2,20,21,23). The maximum atomic E-state index is 13.4. The fourth-order valence-electron chi connectivity index (χ4n) is 3.16. The van der Waals surface area contributed by atoms with Gasteiger partial charge >= 0.3 is 0 Å². The monoisotopic (exact) mass is 316 g/mol. The normalized spacial score (nSPS) is 20.7. The number of aliphatic imine (C=N–C) groups is 1. The summed E-state index contributed by atoms with van der Waals surface area (Å²) in [6, 6.07) is 5.43. The molecule has 1 heterocycles. The summed E-state index contributed by atoms with van der Waals surface area (Å²) in [5, 5.41) is 7.78. The van der Waals surface area contributed by atoms with Crippen LogP contribution in [0.4, 0.5) is 4.39 Å². The van der Waals surface area contributed by atoms with E-state index in [9.17, 15) is 4.39 Å². The molecule has 1 aromatic carbocycles. The molecule has 2 aromatic rings. The molecule has 5 heteroatoms. The molecular formula is C18H25FN4. The number of aromatic amines is 1. The lowest BCUT2D eigenvalue weighted by Gasteiger charge is -2.11. The van der Waals surface area contributed by atoms with Gasteiger partial charge in [-0.2, -0.15) is 0 Å². The van der Waals surface area contributed by atoms with Crippen LogP contribution in [0.5, 0.6) is 0 Å². The van der Waals surface area contributed by atoms with Gasteiger partial charge in [-0.3, -0.25) is 4.99 Å². The van der Waals surface area contributed by atoms with Crippen LogP contribution < -0.4 is 10.6 Å². The minimum absolute atomic E-state index is 0.195. The molecule has 0 radical (unpaired) electrons. The first-order chi connectivity index (χ1) is 11.2. The Balaban J connectivity index is 1.50. The van der Waals surface area contributed by atoms with Crippen molar-refractivity contribution in [2.45, 2.75) is 38.6 Å². The number of guanidine groups is 1. The van der Waals surface area contributed by atoms with Crippen molar-refractivity contribution in [3.05, 3.63) is 35.8 Å². The Morgan fingerprint density at radius 3 is 3.09 bits per heavy atom. The second kappa shape index (κ2) is 7.02. The SMILES string of the molecule is CCCC1CC1NC(=NC)NCCc1c[nH]c2ccc(F)cc12. The molecule has 23 heavy (non-hydrogen) atoms. The minimum atomic E-state index is -0.195. The quantitative estimate of drug-likeness (QED) is 0.566. The predicted molar refractivity (Wildman–Crippen MR) is 93.3 cm³/mol. The molecule has 1 aliphatic rings. The van der Waals surface area contributed by atoms with Crippen molar-refractivity contribution in [2.75, 3.05) is 13.6 Å². The molecule has 1 aromatic heterocycles. The van der Waals surface area contributed by atoms with E-state index in [1.807, 2.05) is 6.20 Å². The number of H-pyrrole nitrogens is 1. The minimum Gasteiger partial charge on any atom is -0.361 e. The first kappa shape index (κ1) is 15.8. The van der Waals surface area contributed by atoms with Gasteiger partial charge in [0, 0.05) is 36.7 Å². The number of benzene rings is 1. The summed E-state index contributed by atoms with van der Waals surface area (Å²) in [6.07, 6.45) is 6.56. The largest absolute Gasteiger partial charge is 0.361 e. The van der Waals surface area contributed by atoms with E-state index in [-0.39, 0.29) is 5.82 Å². The number of hydrogen-bond acceptors (Lipinski definition) is 1. The molecule has 2 unspecified atom stereocenters. The molecule has 0 amide bonds. The summed E-state index contributed by atoms with van der Waals surface area (Å²) in [4.78, 5) is 7.47. The smallest absolute Gasteiger partial charge is 0.191 e. The van der Waals surface area contributed by atoms with Crippen LogP contribution in [-0.2, 0) is 6.42 Å². The van der Waals surface area contributed by atoms with E-state index in [2.05, 4.69) is 27.5 Å². The van der Waals surface area contributed by atoms with Gasteiger partial charge in [0.25, 0.3) is 0 Å². The Morgan fingerprint density at radius 2 is 2.30 bits per heavy atom. The van der Waals surface area contributed by atoms with Gasteiger partial charge in [-0.05, 0) is 48.9 Å². The van der Waals surface area contributed by atoms with Gasteiger partial charge in [0.05, 0.1) is 0 Å². The highest BCUT2D eigenvalue weighted by atomic mass is 19.1. The van der Waals surface area contributed by atoms with Crippen LogP contribution in [0, 0.1) is 11.7 Å². The number of aromatic nitrogens is 1. The van der Waals surface area contributed by atoms with Crippen LogP contribution >= 0.6 is 0 Å². The zero-order chi connectivity index (χ0) is 16.2. The number of nitrogens with zero attached hydrogens (tertiary/aromatic N) is 1. The molecule has 0 bridgehead atoms. The van der Waals surface area contributed by atoms with Crippen molar-refractivity contribution in [3.63, 3.8) is 0 Å². The van der Waals surface area contributed by atoms with E-state index in [4.69, 9.17) is 0 Å². The van der Waals surface area contributed by atoms with Gasteiger partial charge < -0.3 is 15.6 Å². The number of rotatable bonds is 6. The summed E-state index contributed by atoms with van der Waals surface area (Å²) in [5.74, 6) is 1.47. The lowest BCUT2D eigenvalue weighted by atomic mass is 10.1. The van der Waals surface area contributed by atoms with Crippen LogP contribution in [0.1, 0.15) is 31.7 Å². The zero-order valence-corrected chi connectivity index (χ0v) is 13.8. The molecule has 0 spiro atoms. The van der Waals surface area contributed by atoms with Gasteiger partial charge in [-0.15, -0.1) is 0 Å². The molecule has 2 atom stereocenters. The van der Waals surface area contributed by atoms with E-state index in [0.29, 0.717) is 6.04 Å². The summed E-state index contributed by atoms with van der Waals surface area (Å²) in [6.45, 7) is 3.00. The first-order valence-corrected chi connectivity index (χ1v) is 8.44. The number of nitrogens with one attached hydrogen (secondary N) is 3. The van der Waals surface area contributed by atoms with E-state index >= 15 is 0 Å². The topological polar surface area (TPSA) is 52.2 Å². The average molecular weight is 316 g/mol. The third kappa shape index (κ3) is 3.84. The molecule has 124 valence electrons. The number of fused-ring (bicyclic) bond motifs is 1. The highest BCUT2D eigenvalue weighted by molar-refractivity contribution is 5.83. The Hall–Kier alpha value is -2.04. The van der Waals surface area contributed by atoms with Crippen molar-refractivity contribution in [2.24, 2.45) is 10.9 Å². The maximum absolute atomic E-state index is 13.4. The number of halogens is 1. The van der Waals surface area contributed by atoms with Crippen LogP contribution in [0.25, 0.3) is 10.9 Å². The van der Waals surface area contributed by atoms with E-state index in [1.54, 1.807) is 19.2 Å². The highest BCUT2D eigenvalue weighted by Crippen LogP contribution is 2.34. The fraction of sp³-hybridized carbons (Fsp3) is 0.500. The van der Waals surface area contributed by atoms with E-state index in [1.165, 1.54) is 25.3 Å². The Morgan fingerprint density at radius 1 is 1.43 bits per heavy atom. The zero-order valence-electron chi connectivity index (χ0n) is 13.8. The lowest BCUT2D eigenvalue weighted by molar-refractivity contribution is 0.629. The summed E-state index contributed by atoms with van der Waals surface area (Å²) in [5.41, 5.74) is 2.10. The fourth-order valence-corrected chi connectivity index (χ4v) is 3.16. The molecule has 3 rings (SSSR count). The second-order valence-electron chi connectivity index (χ2n) is 6.29. The molecule has 1 aliphatic carbocycles. The maximum Gasteiger partial charge on any atom is 0.191 e. The van der Waals surface area contributed by atoms with Crippen molar-refractivity contribution in [1.82, 2.24) is 15.6 Å². The lowest BCUT2D eigenvalue weighted by Crippen LogP contribution is -2.40. The van der Waals surface area contributed by atoms with Crippen molar-refractivity contribution >= 4 is 16.9 Å². The third-order valence-corrected chi connectivity index (χ3v) is 4.54. The Kier molecular flexibility index (Phi) is 4.84. The number of hydrogen-bond donors (Lipinski definition) is 3. The van der Waals surface area contributed by atoms with Gasteiger partial charge in [0.2, 0.25) is 0 Å². The molecule has 1 saturated carbocycles. The third-order valence-electron chi connectivity index (χ3n) is 4.54. The highest BCUT2D eigenvalue weighted by Gasteiger charge is 2.36. The van der Waals surface area contributed by atoms with E-state index in [0.717, 1.165) is 41.3 Å². The predicted octanol–water partition coefficient (Wildman–Crippen LogP) is 3.20. The van der Waals surface area contributed by atoms with Crippen LogP contribution in [0.2, 0.25) is 0 Å². The summed E-state index contributed by atoms with van der Waals surface area (Å²) < 4.78 is 13.4. The van der Waals surface area contributed by atoms with Gasteiger partial charge in [0.1, 0.15) is 5.82 Å². The molecule has 0 aliphatic heterocycles. The van der Waals surface area contributed by atoms with Crippen molar-refractivity contribution in [3.8, 4) is 0 Å². The Labute approximate surface area is 136 Å². The molecule has 1 fully saturated rings. The van der Waals surface area contributed by atoms with Gasteiger partial charge in [-0.1, -0.05) is 13.3 Å². The van der Waals surface area contributed by atoms with Crippen LogP contribution in [-0.4, -0.2) is 30.6 Å². The average Bonchev–Trinajstić information content (AvgIpc) is 3.15. The first-order valence-electron chi connectivity index (χ1n) is 8.44. The van der Waals surface area contributed by atoms with Crippen molar-refractivity contribution < 1.29 is 4.39 Å². The Bertz CT molecular complexity index is 691. The van der Waals surface area contributed by atoms with Gasteiger partial charge in [-0.25, -0.2) is 4.39 Å². The van der Waals surface area contributed by atoms with Crippen LogP contribution in [0.3, 0.4) is 0 Å². The molecule has 0 saturated heterocycles. The molecule has 3 N–H and O–H groups in total. The molecular weight excluding hydrogens is 291 g/mol.